The summed E-state index contributed by atoms with van der Waals surface area (Å²) in [6.45, 7) is 7.85. The largest absolute Gasteiger partial charge is 0.338 e. The van der Waals surface area contributed by atoms with E-state index in [1.807, 2.05) is 26.0 Å². The van der Waals surface area contributed by atoms with Gasteiger partial charge in [0.1, 0.15) is 0 Å². The molecule has 1 amide bonds. The zero-order valence-electron chi connectivity index (χ0n) is 13.1. The van der Waals surface area contributed by atoms with Gasteiger partial charge in [0.2, 0.25) is 0 Å². The van der Waals surface area contributed by atoms with E-state index in [1.54, 1.807) is 0 Å². The summed E-state index contributed by atoms with van der Waals surface area (Å²) in [6.07, 6.45) is 4.84. The first-order valence-corrected chi connectivity index (χ1v) is 8.04. The van der Waals surface area contributed by atoms with Gasteiger partial charge in [-0.15, -0.1) is 0 Å². The number of carbonyl (C=O) groups is 1. The highest BCUT2D eigenvalue weighted by atomic mass is 16.2. The van der Waals surface area contributed by atoms with Crippen LogP contribution in [0.1, 0.15) is 47.4 Å². The lowest BCUT2D eigenvalue weighted by Crippen LogP contribution is -2.52. The monoisotopic (exact) mass is 287 g/mol. The molecular weight excluding hydrogens is 262 g/mol. The predicted octanol–water partition coefficient (Wildman–Crippen LogP) is 2.30. The summed E-state index contributed by atoms with van der Waals surface area (Å²) in [6, 6.07) is 3.86. The molecule has 21 heavy (non-hydrogen) atoms. The van der Waals surface area contributed by atoms with Crippen LogP contribution in [0.4, 0.5) is 0 Å². The molecule has 0 radical (unpaired) electrons. The molecular formula is C17H25N3O. The number of hydrogen-bond donors (Lipinski definition) is 1. The molecule has 1 spiro atoms. The summed E-state index contributed by atoms with van der Waals surface area (Å²) in [5, 5.41) is 3.51. The number of pyridine rings is 1. The van der Waals surface area contributed by atoms with Crippen LogP contribution in [0.2, 0.25) is 0 Å². The second-order valence-electron chi connectivity index (χ2n) is 6.70. The Morgan fingerprint density at radius 3 is 2.81 bits per heavy atom. The zero-order chi connectivity index (χ0) is 14.9. The number of rotatable bonds is 1. The first-order valence-electron chi connectivity index (χ1n) is 8.04. The van der Waals surface area contributed by atoms with Crippen LogP contribution < -0.4 is 5.32 Å². The maximum absolute atomic E-state index is 12.8. The molecule has 1 atom stereocenters. The van der Waals surface area contributed by atoms with Crippen molar-refractivity contribution < 1.29 is 4.79 Å². The minimum atomic E-state index is 0.157. The number of aryl methyl sites for hydroxylation is 2. The van der Waals surface area contributed by atoms with Crippen LogP contribution >= 0.6 is 0 Å². The second-order valence-corrected chi connectivity index (χ2v) is 6.70. The van der Waals surface area contributed by atoms with Crippen molar-refractivity contribution in [3.8, 4) is 0 Å². The summed E-state index contributed by atoms with van der Waals surface area (Å²) in [5.74, 6) is 0.157. The summed E-state index contributed by atoms with van der Waals surface area (Å²) in [5.41, 5.74) is 2.89. The smallest absolute Gasteiger partial charge is 0.255 e. The summed E-state index contributed by atoms with van der Waals surface area (Å²) < 4.78 is 0. The van der Waals surface area contributed by atoms with Crippen LogP contribution in [0, 0.1) is 19.3 Å². The Bertz CT molecular complexity index is 529. The van der Waals surface area contributed by atoms with E-state index < -0.39 is 0 Å². The van der Waals surface area contributed by atoms with E-state index in [9.17, 15) is 4.79 Å². The number of nitrogens with one attached hydrogen (secondary N) is 1. The van der Waals surface area contributed by atoms with E-state index in [0.717, 1.165) is 49.6 Å². The average Bonchev–Trinajstić information content (AvgIpc) is 2.47. The van der Waals surface area contributed by atoms with Crippen LogP contribution in [-0.2, 0) is 0 Å². The zero-order valence-corrected chi connectivity index (χ0v) is 13.1. The summed E-state index contributed by atoms with van der Waals surface area (Å²) >= 11 is 0. The standard InChI is InChI=1S/C17H25N3O/c1-13-5-6-15(14(2)19-13)16(21)20-10-4-8-17(12-20)7-3-9-18-11-17/h5-6,18H,3-4,7-12H2,1-2H3. The summed E-state index contributed by atoms with van der Waals surface area (Å²) in [4.78, 5) is 19.3. The quantitative estimate of drug-likeness (QED) is 0.862. The Hall–Kier alpha value is -1.42. The molecule has 0 aromatic carbocycles. The van der Waals surface area contributed by atoms with E-state index in [4.69, 9.17) is 0 Å². The molecule has 2 fully saturated rings. The fraction of sp³-hybridized carbons (Fsp3) is 0.647. The highest BCUT2D eigenvalue weighted by molar-refractivity contribution is 5.95. The Kier molecular flexibility index (Phi) is 3.98. The number of piperidine rings is 2. The van der Waals surface area contributed by atoms with Crippen molar-refractivity contribution in [1.29, 1.82) is 0 Å². The van der Waals surface area contributed by atoms with Crippen LogP contribution in [-0.4, -0.2) is 42.0 Å². The number of hydrogen-bond acceptors (Lipinski definition) is 3. The molecule has 1 N–H and O–H groups in total. The second kappa shape index (κ2) is 5.76. The van der Waals surface area contributed by atoms with Gasteiger partial charge >= 0.3 is 0 Å². The van der Waals surface area contributed by atoms with Gasteiger partial charge in [-0.25, -0.2) is 0 Å². The van der Waals surface area contributed by atoms with E-state index >= 15 is 0 Å². The Labute approximate surface area is 126 Å². The third-order valence-corrected chi connectivity index (χ3v) is 4.96. The molecule has 1 aromatic rings. The first kappa shape index (κ1) is 14.5. The van der Waals surface area contributed by atoms with Gasteiger partial charge in [-0.2, -0.15) is 0 Å². The molecule has 0 aliphatic carbocycles. The van der Waals surface area contributed by atoms with Gasteiger partial charge in [-0.3, -0.25) is 9.78 Å². The van der Waals surface area contributed by atoms with Crippen molar-refractivity contribution in [1.82, 2.24) is 15.2 Å². The Morgan fingerprint density at radius 1 is 1.29 bits per heavy atom. The van der Waals surface area contributed by atoms with Gasteiger partial charge in [0.05, 0.1) is 11.3 Å². The van der Waals surface area contributed by atoms with Gasteiger partial charge in [0.15, 0.2) is 0 Å². The molecule has 4 nitrogen and oxygen atoms in total. The predicted molar refractivity (Wildman–Crippen MR) is 83.4 cm³/mol. The van der Waals surface area contributed by atoms with E-state index in [1.165, 1.54) is 19.3 Å². The molecule has 2 aliphatic rings. The minimum Gasteiger partial charge on any atom is -0.338 e. The van der Waals surface area contributed by atoms with Gasteiger partial charge in [0, 0.05) is 30.7 Å². The highest BCUT2D eigenvalue weighted by Gasteiger charge is 2.38. The lowest BCUT2D eigenvalue weighted by molar-refractivity contribution is 0.0433. The molecule has 0 bridgehead atoms. The van der Waals surface area contributed by atoms with Crippen molar-refractivity contribution in [2.75, 3.05) is 26.2 Å². The molecule has 3 heterocycles. The third-order valence-electron chi connectivity index (χ3n) is 4.96. The number of amides is 1. The minimum absolute atomic E-state index is 0.157. The van der Waals surface area contributed by atoms with Gasteiger partial charge in [-0.05, 0) is 58.2 Å². The molecule has 1 unspecified atom stereocenters. The van der Waals surface area contributed by atoms with Crippen LogP contribution in [0.5, 0.6) is 0 Å². The topological polar surface area (TPSA) is 45.2 Å². The average molecular weight is 287 g/mol. The van der Waals surface area contributed by atoms with E-state index in [2.05, 4.69) is 15.2 Å². The first-order chi connectivity index (χ1) is 10.1. The third kappa shape index (κ3) is 2.95. The number of likely N-dealkylation sites (tertiary alicyclic amines) is 1. The maximum Gasteiger partial charge on any atom is 0.255 e. The lowest BCUT2D eigenvalue weighted by atomic mass is 9.74. The van der Waals surface area contributed by atoms with E-state index in [0.29, 0.717) is 5.41 Å². The van der Waals surface area contributed by atoms with Gasteiger partial charge in [0.25, 0.3) is 5.91 Å². The van der Waals surface area contributed by atoms with Crippen LogP contribution in [0.15, 0.2) is 12.1 Å². The maximum atomic E-state index is 12.8. The van der Waals surface area contributed by atoms with Crippen LogP contribution in [0.3, 0.4) is 0 Å². The lowest BCUT2D eigenvalue weighted by Gasteiger charge is -2.45. The summed E-state index contributed by atoms with van der Waals surface area (Å²) in [7, 11) is 0. The SMILES string of the molecule is Cc1ccc(C(=O)N2CCCC3(CCCNC3)C2)c(C)n1. The van der Waals surface area contributed by atoms with Crippen molar-refractivity contribution >= 4 is 5.91 Å². The number of aromatic nitrogens is 1. The van der Waals surface area contributed by atoms with E-state index in [-0.39, 0.29) is 5.91 Å². The fourth-order valence-electron chi connectivity index (χ4n) is 3.84. The Morgan fingerprint density at radius 2 is 2.10 bits per heavy atom. The number of nitrogens with zero attached hydrogens (tertiary/aromatic N) is 2. The molecule has 2 aliphatic heterocycles. The number of carbonyl (C=O) groups excluding carboxylic acids is 1. The fourth-order valence-corrected chi connectivity index (χ4v) is 3.84. The van der Waals surface area contributed by atoms with Crippen LogP contribution in [0.25, 0.3) is 0 Å². The van der Waals surface area contributed by atoms with Gasteiger partial charge in [-0.1, -0.05) is 0 Å². The highest BCUT2D eigenvalue weighted by Crippen LogP contribution is 2.36. The van der Waals surface area contributed by atoms with Crippen molar-refractivity contribution in [2.24, 2.45) is 5.41 Å². The molecule has 114 valence electrons. The van der Waals surface area contributed by atoms with Crippen molar-refractivity contribution in [3.63, 3.8) is 0 Å². The molecule has 0 saturated carbocycles. The molecule has 4 heteroatoms. The Balaban J connectivity index is 1.77. The van der Waals surface area contributed by atoms with Gasteiger partial charge < -0.3 is 10.2 Å². The normalized spacial score (nSPS) is 26.1. The van der Waals surface area contributed by atoms with Crippen molar-refractivity contribution in [3.05, 3.63) is 29.1 Å². The molecule has 1 aromatic heterocycles. The molecule has 3 rings (SSSR count). The molecule has 2 saturated heterocycles. The van der Waals surface area contributed by atoms with Crippen molar-refractivity contribution in [2.45, 2.75) is 39.5 Å².